The zero-order valence-electron chi connectivity index (χ0n) is 15.2. The summed E-state index contributed by atoms with van der Waals surface area (Å²) < 4.78 is 1.11. The average Bonchev–Trinajstić information content (AvgIpc) is 2.70. The fourth-order valence-corrected chi connectivity index (χ4v) is 3.43. The van der Waals surface area contributed by atoms with Crippen molar-refractivity contribution in [2.45, 2.75) is 13.3 Å². The van der Waals surface area contributed by atoms with Crippen LogP contribution in [0.15, 0.2) is 78.9 Å². The van der Waals surface area contributed by atoms with Gasteiger partial charge in [0.1, 0.15) is 0 Å². The number of likely N-dealkylation sites (N-methyl/N-ethyl adjacent to an activating group) is 1. The number of halogens is 1. The van der Waals surface area contributed by atoms with Gasteiger partial charge in [-0.05, 0) is 65.4 Å². The van der Waals surface area contributed by atoms with E-state index < -0.39 is 0 Å². The van der Waals surface area contributed by atoms with Crippen LogP contribution >= 0.6 is 22.6 Å². The summed E-state index contributed by atoms with van der Waals surface area (Å²) in [5, 5.41) is 0. The maximum atomic E-state index is 13.0. The van der Waals surface area contributed by atoms with Crippen molar-refractivity contribution >= 4 is 34.2 Å². The molecule has 0 atom stereocenters. The lowest BCUT2D eigenvalue weighted by atomic mass is 10.1. The van der Waals surface area contributed by atoms with E-state index in [2.05, 4.69) is 34.4 Å². The Hall–Kier alpha value is -2.58. The van der Waals surface area contributed by atoms with Crippen LogP contribution < -0.4 is 4.90 Å². The van der Waals surface area contributed by atoms with Gasteiger partial charge in [0.15, 0.2) is 0 Å². The summed E-state index contributed by atoms with van der Waals surface area (Å²) in [6.45, 7) is 2.60. The van der Waals surface area contributed by atoms with Crippen molar-refractivity contribution in [3.8, 4) is 11.8 Å². The van der Waals surface area contributed by atoms with Gasteiger partial charge in [0.25, 0.3) is 0 Å². The normalized spacial score (nSPS) is 10.0. The van der Waals surface area contributed by atoms with Crippen molar-refractivity contribution in [1.29, 1.82) is 0 Å². The summed E-state index contributed by atoms with van der Waals surface area (Å²) in [5.41, 5.74) is 3.73. The highest BCUT2D eigenvalue weighted by molar-refractivity contribution is 14.1. The molecule has 0 unspecified atom stereocenters. The van der Waals surface area contributed by atoms with Crippen LogP contribution in [0.4, 0.5) is 5.69 Å². The number of anilines is 1. The Kier molecular flexibility index (Phi) is 6.67. The highest BCUT2D eigenvalue weighted by Crippen LogP contribution is 2.22. The zero-order chi connectivity index (χ0) is 19.1. The van der Waals surface area contributed by atoms with Gasteiger partial charge in [0.05, 0.1) is 12.1 Å². The van der Waals surface area contributed by atoms with Crippen LogP contribution in [0.3, 0.4) is 0 Å². The maximum absolute atomic E-state index is 13.0. The zero-order valence-corrected chi connectivity index (χ0v) is 17.3. The molecule has 0 fully saturated rings. The van der Waals surface area contributed by atoms with Crippen LogP contribution in [-0.2, 0) is 11.2 Å². The number of para-hydroxylation sites is 1. The predicted octanol–water partition coefficient (Wildman–Crippen LogP) is 5.29. The Morgan fingerprint density at radius 3 is 2.30 bits per heavy atom. The van der Waals surface area contributed by atoms with Crippen LogP contribution in [0, 0.1) is 15.4 Å². The van der Waals surface area contributed by atoms with Crippen molar-refractivity contribution in [1.82, 2.24) is 0 Å². The lowest BCUT2D eigenvalue weighted by molar-refractivity contribution is -0.117. The topological polar surface area (TPSA) is 20.3 Å². The molecule has 1 amide bonds. The first-order chi connectivity index (χ1) is 13.2. The Balaban J connectivity index is 1.89. The Labute approximate surface area is 174 Å². The molecular weight excluding hydrogens is 445 g/mol. The fourth-order valence-electron chi connectivity index (χ4n) is 2.86. The number of amides is 1. The molecule has 27 heavy (non-hydrogen) atoms. The van der Waals surface area contributed by atoms with Gasteiger partial charge in [-0.2, -0.15) is 0 Å². The third-order valence-corrected chi connectivity index (χ3v) is 5.28. The second-order valence-electron chi connectivity index (χ2n) is 6.04. The number of benzene rings is 3. The van der Waals surface area contributed by atoms with E-state index in [0.717, 1.165) is 25.9 Å². The van der Waals surface area contributed by atoms with Crippen LogP contribution in [0.5, 0.6) is 0 Å². The van der Waals surface area contributed by atoms with Crippen LogP contribution in [0.2, 0.25) is 0 Å². The summed E-state index contributed by atoms with van der Waals surface area (Å²) in [4.78, 5) is 14.8. The number of carbonyl (C=O) groups excluding carboxylic acids is 1. The van der Waals surface area contributed by atoms with E-state index in [1.807, 2.05) is 90.7 Å². The number of carbonyl (C=O) groups is 1. The molecule has 3 aromatic carbocycles. The molecule has 3 heteroatoms. The minimum Gasteiger partial charge on any atom is -0.311 e. The molecule has 134 valence electrons. The lowest BCUT2D eigenvalue weighted by Gasteiger charge is -2.23. The second-order valence-corrected chi connectivity index (χ2v) is 7.20. The van der Waals surface area contributed by atoms with Crippen molar-refractivity contribution < 1.29 is 4.79 Å². The van der Waals surface area contributed by atoms with Gasteiger partial charge in [-0.1, -0.05) is 60.4 Å². The van der Waals surface area contributed by atoms with Crippen LogP contribution in [0.1, 0.15) is 23.6 Å². The first-order valence-corrected chi connectivity index (χ1v) is 9.96. The number of hydrogen-bond acceptors (Lipinski definition) is 1. The van der Waals surface area contributed by atoms with Gasteiger partial charge in [-0.3, -0.25) is 4.79 Å². The van der Waals surface area contributed by atoms with Crippen LogP contribution in [-0.4, -0.2) is 12.5 Å². The van der Waals surface area contributed by atoms with Crippen molar-refractivity contribution in [3.05, 3.63) is 99.1 Å². The fraction of sp³-hybridized carbons (Fsp3) is 0.125. The molecule has 0 aliphatic heterocycles. The molecule has 0 saturated heterocycles. The summed E-state index contributed by atoms with van der Waals surface area (Å²) in [7, 11) is 0. The minimum atomic E-state index is 0.0792. The largest absolute Gasteiger partial charge is 0.311 e. The van der Waals surface area contributed by atoms with Gasteiger partial charge in [0, 0.05) is 21.2 Å². The van der Waals surface area contributed by atoms with Gasteiger partial charge >= 0.3 is 0 Å². The molecule has 2 nitrogen and oxygen atoms in total. The average molecular weight is 465 g/mol. The summed E-state index contributed by atoms with van der Waals surface area (Å²) in [5.74, 6) is 6.50. The molecule has 0 spiro atoms. The Morgan fingerprint density at radius 1 is 0.889 bits per heavy atom. The van der Waals surface area contributed by atoms with E-state index in [-0.39, 0.29) is 5.91 Å². The SMILES string of the molecule is CCN(C(=O)Cc1ccccc1I)c1ccccc1C#Cc1ccccc1. The van der Waals surface area contributed by atoms with Gasteiger partial charge in [-0.25, -0.2) is 0 Å². The van der Waals surface area contributed by atoms with Gasteiger partial charge in [0.2, 0.25) is 5.91 Å². The second kappa shape index (κ2) is 9.38. The monoisotopic (exact) mass is 465 g/mol. The molecule has 0 aliphatic rings. The summed E-state index contributed by atoms with van der Waals surface area (Å²) in [6, 6.07) is 25.7. The van der Waals surface area contributed by atoms with Gasteiger partial charge in [-0.15, -0.1) is 0 Å². The van der Waals surface area contributed by atoms with E-state index in [4.69, 9.17) is 0 Å². The van der Waals surface area contributed by atoms with E-state index in [9.17, 15) is 4.79 Å². The number of nitrogens with zero attached hydrogens (tertiary/aromatic N) is 1. The molecule has 0 aromatic heterocycles. The summed E-state index contributed by atoms with van der Waals surface area (Å²) >= 11 is 2.28. The highest BCUT2D eigenvalue weighted by atomic mass is 127. The van der Waals surface area contributed by atoms with Crippen LogP contribution in [0.25, 0.3) is 0 Å². The molecular formula is C24H20INO. The molecule has 0 aliphatic carbocycles. The molecule has 3 aromatic rings. The lowest BCUT2D eigenvalue weighted by Crippen LogP contribution is -2.32. The van der Waals surface area contributed by atoms with E-state index in [1.54, 1.807) is 0 Å². The van der Waals surface area contributed by atoms with E-state index in [1.165, 1.54) is 0 Å². The smallest absolute Gasteiger partial charge is 0.231 e. The van der Waals surface area contributed by atoms with Crippen molar-refractivity contribution in [2.75, 3.05) is 11.4 Å². The molecule has 3 rings (SSSR count). The third-order valence-electron chi connectivity index (χ3n) is 4.23. The number of hydrogen-bond donors (Lipinski definition) is 0. The predicted molar refractivity (Wildman–Crippen MR) is 120 cm³/mol. The number of rotatable bonds is 4. The Bertz CT molecular complexity index is 986. The minimum absolute atomic E-state index is 0.0792. The summed E-state index contributed by atoms with van der Waals surface area (Å²) in [6.07, 6.45) is 0.382. The first kappa shape index (κ1) is 19.2. The highest BCUT2D eigenvalue weighted by Gasteiger charge is 2.17. The molecule has 0 saturated carbocycles. The quantitative estimate of drug-likeness (QED) is 0.379. The third kappa shape index (κ3) is 4.99. The van der Waals surface area contributed by atoms with Crippen molar-refractivity contribution in [3.63, 3.8) is 0 Å². The molecule has 0 radical (unpaired) electrons. The van der Waals surface area contributed by atoms with E-state index >= 15 is 0 Å². The van der Waals surface area contributed by atoms with Gasteiger partial charge < -0.3 is 4.90 Å². The molecule has 0 heterocycles. The maximum Gasteiger partial charge on any atom is 0.231 e. The van der Waals surface area contributed by atoms with Crippen molar-refractivity contribution in [2.24, 2.45) is 0 Å². The molecule has 0 N–H and O–H groups in total. The Morgan fingerprint density at radius 2 is 1.56 bits per heavy atom. The van der Waals surface area contributed by atoms with E-state index in [0.29, 0.717) is 13.0 Å². The molecule has 0 bridgehead atoms. The first-order valence-electron chi connectivity index (χ1n) is 8.89. The standard InChI is InChI=1S/C24H20INO/c1-2-26(24(27)18-21-13-6-8-14-22(21)25)23-15-9-7-12-20(23)17-16-19-10-4-3-5-11-19/h3-15H,2,18H2,1H3.